The van der Waals surface area contributed by atoms with Crippen LogP contribution in [0.15, 0.2) is 48.5 Å². The number of ether oxygens (including phenoxy) is 1. The van der Waals surface area contributed by atoms with E-state index in [2.05, 4.69) is 51.9 Å². The number of hydrogen-bond acceptors (Lipinski definition) is 4. The van der Waals surface area contributed by atoms with Crippen LogP contribution in [0.4, 0.5) is 5.69 Å². The van der Waals surface area contributed by atoms with Crippen molar-refractivity contribution in [1.29, 1.82) is 0 Å². The van der Waals surface area contributed by atoms with E-state index in [0.717, 1.165) is 63.9 Å². The summed E-state index contributed by atoms with van der Waals surface area (Å²) in [6.07, 6.45) is 8.13. The highest BCUT2D eigenvalue weighted by Crippen LogP contribution is 2.27. The molecule has 1 aliphatic carbocycles. The third-order valence-electron chi connectivity index (χ3n) is 7.36. The maximum Gasteiger partial charge on any atom is 0.251 e. The Balaban J connectivity index is 1.09. The van der Waals surface area contributed by atoms with Crippen molar-refractivity contribution in [2.45, 2.75) is 63.1 Å². The quantitative estimate of drug-likeness (QED) is 0.716. The van der Waals surface area contributed by atoms with Gasteiger partial charge in [-0.25, -0.2) is 0 Å². The summed E-state index contributed by atoms with van der Waals surface area (Å²) >= 11 is 0. The standard InChI is InChI=1S/C27H35N3O2/c31-27(29-23-6-2-3-7-23)21-9-11-24(12-10-21)30-16-13-22(14-17-30)28-19-26-25-8-4-1-5-20(25)15-18-32-26/h1,4-5,8-12,22-23,26,28H,2-3,6-7,13-19H2,(H,29,31). The van der Waals surface area contributed by atoms with Crippen molar-refractivity contribution in [1.82, 2.24) is 10.6 Å². The van der Waals surface area contributed by atoms with Gasteiger partial charge in [-0.15, -0.1) is 0 Å². The highest BCUT2D eigenvalue weighted by molar-refractivity contribution is 5.94. The number of nitrogens with one attached hydrogen (secondary N) is 2. The molecule has 1 unspecified atom stereocenters. The number of carbonyl (C=O) groups is 1. The second kappa shape index (κ2) is 10.1. The normalized spacial score (nSPS) is 22.0. The molecule has 170 valence electrons. The first kappa shape index (κ1) is 21.5. The van der Waals surface area contributed by atoms with Crippen molar-refractivity contribution in [3.63, 3.8) is 0 Å². The maximum atomic E-state index is 12.5. The molecule has 1 amide bonds. The van der Waals surface area contributed by atoms with Crippen LogP contribution >= 0.6 is 0 Å². The molecule has 1 saturated heterocycles. The van der Waals surface area contributed by atoms with Crippen LogP contribution in [0.2, 0.25) is 0 Å². The van der Waals surface area contributed by atoms with Crippen molar-refractivity contribution in [2.75, 3.05) is 31.1 Å². The molecule has 2 aliphatic heterocycles. The number of piperidine rings is 1. The maximum absolute atomic E-state index is 12.5. The number of fused-ring (bicyclic) bond motifs is 1. The molecule has 2 fully saturated rings. The zero-order valence-electron chi connectivity index (χ0n) is 18.9. The number of nitrogens with zero attached hydrogens (tertiary/aromatic N) is 1. The molecule has 0 radical (unpaired) electrons. The topological polar surface area (TPSA) is 53.6 Å². The number of hydrogen-bond donors (Lipinski definition) is 2. The van der Waals surface area contributed by atoms with Gasteiger partial charge in [0.05, 0.1) is 12.7 Å². The molecule has 5 heteroatoms. The van der Waals surface area contributed by atoms with Gasteiger partial charge >= 0.3 is 0 Å². The molecule has 2 N–H and O–H groups in total. The van der Waals surface area contributed by atoms with Gasteiger partial charge in [-0.2, -0.15) is 0 Å². The number of anilines is 1. The lowest BCUT2D eigenvalue weighted by molar-refractivity contribution is 0.0401. The van der Waals surface area contributed by atoms with E-state index in [1.165, 1.54) is 29.7 Å². The van der Waals surface area contributed by atoms with Crippen LogP contribution in [-0.4, -0.2) is 44.2 Å². The fraction of sp³-hybridized carbons (Fsp3) is 0.519. The summed E-state index contributed by atoms with van der Waals surface area (Å²) in [5, 5.41) is 6.93. The summed E-state index contributed by atoms with van der Waals surface area (Å²) in [5.41, 5.74) is 4.76. The summed E-state index contributed by atoms with van der Waals surface area (Å²) < 4.78 is 6.05. The second-order valence-electron chi connectivity index (χ2n) is 9.48. The smallest absolute Gasteiger partial charge is 0.251 e. The number of rotatable bonds is 6. The predicted octanol–water partition coefficient (Wildman–Crippen LogP) is 4.23. The Morgan fingerprint density at radius 2 is 1.69 bits per heavy atom. The van der Waals surface area contributed by atoms with Gasteiger partial charge in [0.15, 0.2) is 0 Å². The third kappa shape index (κ3) is 5.00. The van der Waals surface area contributed by atoms with E-state index in [9.17, 15) is 4.79 Å². The number of benzene rings is 2. The Morgan fingerprint density at radius 1 is 0.938 bits per heavy atom. The van der Waals surface area contributed by atoms with Crippen LogP contribution in [-0.2, 0) is 11.2 Å². The van der Waals surface area contributed by atoms with Crippen LogP contribution in [0.25, 0.3) is 0 Å². The Bertz CT molecular complexity index is 899. The highest BCUT2D eigenvalue weighted by Gasteiger charge is 2.24. The molecule has 0 bridgehead atoms. The van der Waals surface area contributed by atoms with Crippen molar-refractivity contribution >= 4 is 11.6 Å². The van der Waals surface area contributed by atoms with Gasteiger partial charge in [0.25, 0.3) is 5.91 Å². The average Bonchev–Trinajstić information content (AvgIpc) is 3.36. The first-order chi connectivity index (χ1) is 15.8. The van der Waals surface area contributed by atoms with Gasteiger partial charge in [0.2, 0.25) is 0 Å². The van der Waals surface area contributed by atoms with E-state index < -0.39 is 0 Å². The molecule has 2 heterocycles. The first-order valence-electron chi connectivity index (χ1n) is 12.3. The number of carbonyl (C=O) groups excluding carboxylic acids is 1. The van der Waals surface area contributed by atoms with E-state index in [0.29, 0.717) is 12.1 Å². The Kier molecular flexibility index (Phi) is 6.75. The molecule has 5 rings (SSSR count). The van der Waals surface area contributed by atoms with E-state index in [-0.39, 0.29) is 12.0 Å². The third-order valence-corrected chi connectivity index (χ3v) is 7.36. The predicted molar refractivity (Wildman–Crippen MR) is 128 cm³/mol. The largest absolute Gasteiger partial charge is 0.372 e. The van der Waals surface area contributed by atoms with Gasteiger partial charge in [-0.3, -0.25) is 4.79 Å². The lowest BCUT2D eigenvalue weighted by Gasteiger charge is -2.35. The van der Waals surface area contributed by atoms with Gasteiger partial charge in [0.1, 0.15) is 0 Å². The van der Waals surface area contributed by atoms with Crippen LogP contribution in [0.1, 0.15) is 66.1 Å². The van der Waals surface area contributed by atoms with Crippen LogP contribution in [0.5, 0.6) is 0 Å². The fourth-order valence-corrected chi connectivity index (χ4v) is 5.42. The molecule has 0 aromatic heterocycles. The molecule has 2 aromatic carbocycles. The summed E-state index contributed by atoms with van der Waals surface area (Å²) in [7, 11) is 0. The van der Waals surface area contributed by atoms with Crippen molar-refractivity contribution < 1.29 is 9.53 Å². The minimum Gasteiger partial charge on any atom is -0.372 e. The molecule has 0 spiro atoms. The zero-order valence-corrected chi connectivity index (χ0v) is 18.9. The molecule has 5 nitrogen and oxygen atoms in total. The van der Waals surface area contributed by atoms with Gasteiger partial charge in [-0.1, -0.05) is 37.1 Å². The van der Waals surface area contributed by atoms with Crippen LogP contribution in [0, 0.1) is 0 Å². The first-order valence-corrected chi connectivity index (χ1v) is 12.3. The Hall–Kier alpha value is -2.37. The molecular formula is C27H35N3O2. The summed E-state index contributed by atoms with van der Waals surface area (Å²) in [5.74, 6) is 0.0675. The fourth-order valence-electron chi connectivity index (χ4n) is 5.42. The minimum atomic E-state index is 0.0675. The van der Waals surface area contributed by atoms with Crippen molar-refractivity contribution in [2.24, 2.45) is 0 Å². The molecule has 1 atom stereocenters. The minimum absolute atomic E-state index is 0.0675. The van der Waals surface area contributed by atoms with E-state index >= 15 is 0 Å². The molecule has 2 aromatic rings. The van der Waals surface area contributed by atoms with Crippen LogP contribution in [0.3, 0.4) is 0 Å². The van der Waals surface area contributed by atoms with E-state index in [1.54, 1.807) is 0 Å². The summed E-state index contributed by atoms with van der Waals surface area (Å²) in [6, 6.07) is 17.7. The van der Waals surface area contributed by atoms with Crippen molar-refractivity contribution in [3.05, 3.63) is 65.2 Å². The van der Waals surface area contributed by atoms with Gasteiger partial charge in [-0.05, 0) is 67.5 Å². The number of amides is 1. The molecular weight excluding hydrogens is 398 g/mol. The second-order valence-corrected chi connectivity index (χ2v) is 9.48. The van der Waals surface area contributed by atoms with Gasteiger partial charge in [0, 0.05) is 43.0 Å². The molecule has 1 saturated carbocycles. The van der Waals surface area contributed by atoms with Crippen molar-refractivity contribution in [3.8, 4) is 0 Å². The monoisotopic (exact) mass is 433 g/mol. The lowest BCUT2D eigenvalue weighted by atomic mass is 9.97. The van der Waals surface area contributed by atoms with Gasteiger partial charge < -0.3 is 20.3 Å². The van der Waals surface area contributed by atoms with Crippen LogP contribution < -0.4 is 15.5 Å². The highest BCUT2D eigenvalue weighted by atomic mass is 16.5. The SMILES string of the molecule is O=C(NC1CCCC1)c1ccc(N2CCC(NCC3OCCc4ccccc43)CC2)cc1. The Labute approximate surface area is 191 Å². The van der Waals surface area contributed by atoms with E-state index in [1.807, 2.05) is 12.1 Å². The zero-order chi connectivity index (χ0) is 21.8. The lowest BCUT2D eigenvalue weighted by Crippen LogP contribution is -2.44. The average molecular weight is 434 g/mol. The van der Waals surface area contributed by atoms with E-state index in [4.69, 9.17) is 4.74 Å². The molecule has 3 aliphatic rings. The summed E-state index contributed by atoms with van der Waals surface area (Å²) in [6.45, 7) is 3.77. The summed E-state index contributed by atoms with van der Waals surface area (Å²) in [4.78, 5) is 14.9. The molecule has 32 heavy (non-hydrogen) atoms. The Morgan fingerprint density at radius 3 is 2.47 bits per heavy atom.